The van der Waals surface area contributed by atoms with E-state index in [0.29, 0.717) is 12.0 Å². The van der Waals surface area contributed by atoms with E-state index >= 15 is 0 Å². The molecule has 0 amide bonds. The summed E-state index contributed by atoms with van der Waals surface area (Å²) in [6.45, 7) is 12.2. The van der Waals surface area contributed by atoms with E-state index in [2.05, 4.69) is 49.0 Å². The van der Waals surface area contributed by atoms with Crippen LogP contribution in [0.5, 0.6) is 0 Å². The molecule has 2 aliphatic rings. The summed E-state index contributed by atoms with van der Waals surface area (Å²) in [4.78, 5) is 11.8. The third kappa shape index (κ3) is 2.22. The highest BCUT2D eigenvalue weighted by atomic mass is 15.3. The lowest BCUT2D eigenvalue weighted by atomic mass is 9.95. The van der Waals surface area contributed by atoms with Gasteiger partial charge < -0.3 is 10.2 Å². The lowest BCUT2D eigenvalue weighted by Gasteiger charge is -2.26. The highest BCUT2D eigenvalue weighted by Crippen LogP contribution is 2.35. The maximum atomic E-state index is 4.79. The van der Waals surface area contributed by atoms with Crippen LogP contribution in [0.1, 0.15) is 38.2 Å². The van der Waals surface area contributed by atoms with Crippen molar-refractivity contribution >= 4 is 5.82 Å². The average Bonchev–Trinajstić information content (AvgIpc) is 2.92. The first-order valence-corrected chi connectivity index (χ1v) is 7.39. The number of nitrogens with zero attached hydrogens (tertiary/aromatic N) is 3. The summed E-state index contributed by atoms with van der Waals surface area (Å²) >= 11 is 0. The molecule has 4 heteroatoms. The second-order valence-corrected chi connectivity index (χ2v) is 6.36. The second kappa shape index (κ2) is 4.75. The summed E-state index contributed by atoms with van der Waals surface area (Å²) in [5.74, 6) is 4.04. The van der Waals surface area contributed by atoms with Gasteiger partial charge in [-0.15, -0.1) is 0 Å². The summed E-state index contributed by atoms with van der Waals surface area (Å²) in [5, 5.41) is 3.51. The van der Waals surface area contributed by atoms with Crippen LogP contribution >= 0.6 is 0 Å². The van der Waals surface area contributed by atoms with Crippen molar-refractivity contribution in [3.05, 3.63) is 17.6 Å². The van der Waals surface area contributed by atoms with Crippen LogP contribution in [0.15, 0.2) is 6.07 Å². The lowest BCUT2D eigenvalue weighted by Crippen LogP contribution is -2.34. The first-order chi connectivity index (χ1) is 9.06. The van der Waals surface area contributed by atoms with Gasteiger partial charge in [0.15, 0.2) is 0 Å². The summed E-state index contributed by atoms with van der Waals surface area (Å²) in [6.07, 6.45) is 0. The Morgan fingerprint density at radius 2 is 2.11 bits per heavy atom. The van der Waals surface area contributed by atoms with Crippen molar-refractivity contribution in [2.24, 2.45) is 11.8 Å². The Labute approximate surface area is 115 Å². The molecule has 3 rings (SSSR count). The molecule has 3 atom stereocenters. The van der Waals surface area contributed by atoms with E-state index in [9.17, 15) is 0 Å². The zero-order valence-corrected chi connectivity index (χ0v) is 12.3. The molecule has 0 saturated carbocycles. The number of hydrogen-bond acceptors (Lipinski definition) is 4. The number of rotatable bonds is 2. The predicted molar refractivity (Wildman–Crippen MR) is 77.5 cm³/mol. The summed E-state index contributed by atoms with van der Waals surface area (Å²) in [7, 11) is 0. The summed E-state index contributed by atoms with van der Waals surface area (Å²) in [5.41, 5.74) is 1.08. The number of aryl methyl sites for hydroxylation is 1. The van der Waals surface area contributed by atoms with Gasteiger partial charge in [0.2, 0.25) is 0 Å². The fourth-order valence-corrected chi connectivity index (χ4v) is 3.45. The topological polar surface area (TPSA) is 41.0 Å². The Hall–Kier alpha value is -1.16. The quantitative estimate of drug-likeness (QED) is 0.882. The van der Waals surface area contributed by atoms with Crippen molar-refractivity contribution in [2.45, 2.75) is 39.7 Å². The van der Waals surface area contributed by atoms with E-state index in [1.54, 1.807) is 0 Å². The highest BCUT2D eigenvalue weighted by molar-refractivity contribution is 5.43. The Morgan fingerprint density at radius 3 is 2.79 bits per heavy atom. The maximum absolute atomic E-state index is 4.79. The van der Waals surface area contributed by atoms with Crippen molar-refractivity contribution in [3.8, 4) is 0 Å². The van der Waals surface area contributed by atoms with Crippen LogP contribution in [0.4, 0.5) is 5.82 Å². The second-order valence-electron chi connectivity index (χ2n) is 6.36. The molecule has 2 saturated heterocycles. The van der Waals surface area contributed by atoms with Gasteiger partial charge in [0.1, 0.15) is 11.6 Å². The zero-order chi connectivity index (χ0) is 13.6. The standard InChI is InChI=1S/C15H24N4/c1-9(2)15-17-10(3)5-14(18-15)19-8-12-6-16-7-13(12)11(19)4/h5,9,11-13,16H,6-8H2,1-4H3. The van der Waals surface area contributed by atoms with Crippen molar-refractivity contribution in [1.29, 1.82) is 0 Å². The average molecular weight is 260 g/mol. The molecular formula is C15H24N4. The van der Waals surface area contributed by atoms with Gasteiger partial charge in [-0.05, 0) is 25.7 Å². The zero-order valence-electron chi connectivity index (χ0n) is 12.3. The summed E-state index contributed by atoms with van der Waals surface area (Å²) < 4.78 is 0. The van der Waals surface area contributed by atoms with E-state index in [1.807, 2.05) is 0 Å². The molecule has 0 bridgehead atoms. The maximum Gasteiger partial charge on any atom is 0.133 e. The lowest BCUT2D eigenvalue weighted by molar-refractivity contribution is 0.471. The molecule has 0 spiro atoms. The van der Waals surface area contributed by atoms with Crippen molar-refractivity contribution in [1.82, 2.24) is 15.3 Å². The van der Waals surface area contributed by atoms with Crippen molar-refractivity contribution < 1.29 is 0 Å². The highest BCUT2D eigenvalue weighted by Gasteiger charge is 2.42. The van der Waals surface area contributed by atoms with Gasteiger partial charge in [0.25, 0.3) is 0 Å². The van der Waals surface area contributed by atoms with Crippen molar-refractivity contribution in [2.75, 3.05) is 24.5 Å². The molecular weight excluding hydrogens is 236 g/mol. The third-order valence-electron chi connectivity index (χ3n) is 4.60. The molecule has 1 N–H and O–H groups in total. The molecule has 1 aromatic rings. The van der Waals surface area contributed by atoms with E-state index in [0.717, 1.165) is 48.8 Å². The van der Waals surface area contributed by atoms with Crippen LogP contribution in [0.3, 0.4) is 0 Å². The Morgan fingerprint density at radius 1 is 1.32 bits per heavy atom. The van der Waals surface area contributed by atoms with E-state index in [4.69, 9.17) is 4.98 Å². The van der Waals surface area contributed by atoms with E-state index in [-0.39, 0.29) is 0 Å². The number of anilines is 1. The fraction of sp³-hybridized carbons (Fsp3) is 0.733. The van der Waals surface area contributed by atoms with Gasteiger partial charge in [0, 0.05) is 43.4 Å². The largest absolute Gasteiger partial charge is 0.353 e. The molecule has 0 radical (unpaired) electrons. The third-order valence-corrected chi connectivity index (χ3v) is 4.60. The smallest absolute Gasteiger partial charge is 0.133 e. The molecule has 0 aromatic carbocycles. The first kappa shape index (κ1) is 12.9. The first-order valence-electron chi connectivity index (χ1n) is 7.39. The Bertz CT molecular complexity index is 471. The monoisotopic (exact) mass is 260 g/mol. The van der Waals surface area contributed by atoms with Gasteiger partial charge in [-0.3, -0.25) is 0 Å². The van der Waals surface area contributed by atoms with E-state index < -0.39 is 0 Å². The van der Waals surface area contributed by atoms with Crippen LogP contribution in [-0.4, -0.2) is 35.6 Å². The van der Waals surface area contributed by atoms with Gasteiger partial charge in [-0.2, -0.15) is 0 Å². The van der Waals surface area contributed by atoms with Crippen LogP contribution in [0.2, 0.25) is 0 Å². The molecule has 3 heterocycles. The fourth-order valence-electron chi connectivity index (χ4n) is 3.45. The minimum atomic E-state index is 0.387. The number of aromatic nitrogens is 2. The minimum Gasteiger partial charge on any atom is -0.353 e. The molecule has 2 aliphatic heterocycles. The van der Waals surface area contributed by atoms with Gasteiger partial charge in [-0.25, -0.2) is 9.97 Å². The van der Waals surface area contributed by atoms with Crippen molar-refractivity contribution in [3.63, 3.8) is 0 Å². The number of fused-ring (bicyclic) bond motifs is 1. The molecule has 2 fully saturated rings. The SMILES string of the molecule is Cc1cc(N2CC3CNCC3C2C)nc(C(C)C)n1. The molecule has 4 nitrogen and oxygen atoms in total. The summed E-state index contributed by atoms with van der Waals surface area (Å²) in [6, 6.07) is 2.71. The van der Waals surface area contributed by atoms with Crippen LogP contribution in [0, 0.1) is 18.8 Å². The van der Waals surface area contributed by atoms with Crippen LogP contribution in [0.25, 0.3) is 0 Å². The van der Waals surface area contributed by atoms with Gasteiger partial charge >= 0.3 is 0 Å². The number of nitrogens with one attached hydrogen (secondary N) is 1. The number of hydrogen-bond donors (Lipinski definition) is 1. The van der Waals surface area contributed by atoms with Crippen LogP contribution in [-0.2, 0) is 0 Å². The molecule has 1 aromatic heterocycles. The van der Waals surface area contributed by atoms with Crippen LogP contribution < -0.4 is 10.2 Å². The molecule has 19 heavy (non-hydrogen) atoms. The van der Waals surface area contributed by atoms with E-state index in [1.165, 1.54) is 0 Å². The predicted octanol–water partition coefficient (Wildman–Crippen LogP) is 1.95. The normalized spacial score (nSPS) is 30.2. The molecule has 3 unspecified atom stereocenters. The van der Waals surface area contributed by atoms with Gasteiger partial charge in [-0.1, -0.05) is 13.8 Å². The Balaban J connectivity index is 1.90. The Kier molecular flexibility index (Phi) is 3.21. The minimum absolute atomic E-state index is 0.387. The van der Waals surface area contributed by atoms with Gasteiger partial charge in [0.05, 0.1) is 0 Å². The molecule has 104 valence electrons. The molecule has 0 aliphatic carbocycles.